The van der Waals surface area contributed by atoms with Crippen LogP contribution in [0.15, 0.2) is 30.3 Å². The zero-order valence-electron chi connectivity index (χ0n) is 9.43. The van der Waals surface area contributed by atoms with Gasteiger partial charge in [-0.2, -0.15) is 0 Å². The number of nitrogens with zero attached hydrogens (tertiary/aromatic N) is 1. The molecular weight excluding hydrogens is 218 g/mol. The highest BCUT2D eigenvalue weighted by atomic mass is 16.2. The molecule has 2 amide bonds. The van der Waals surface area contributed by atoms with Gasteiger partial charge in [0.25, 0.3) is 5.91 Å². The van der Waals surface area contributed by atoms with Crippen LogP contribution in [0.5, 0.6) is 0 Å². The van der Waals surface area contributed by atoms with Gasteiger partial charge >= 0.3 is 0 Å². The maximum atomic E-state index is 11.6. The second-order valence-electron chi connectivity index (χ2n) is 4.11. The molecule has 1 fully saturated rings. The van der Waals surface area contributed by atoms with Crippen molar-refractivity contribution in [3.05, 3.63) is 35.9 Å². The Balaban J connectivity index is 1.79. The van der Waals surface area contributed by atoms with Crippen molar-refractivity contribution < 1.29 is 9.59 Å². The summed E-state index contributed by atoms with van der Waals surface area (Å²) in [7, 11) is 0. The molecule has 90 valence electrons. The van der Waals surface area contributed by atoms with Crippen molar-refractivity contribution in [3.63, 3.8) is 0 Å². The fourth-order valence-corrected chi connectivity index (χ4v) is 1.68. The number of carbonyl (C=O) groups excluding carboxylic acids is 2. The molecule has 17 heavy (non-hydrogen) atoms. The van der Waals surface area contributed by atoms with Crippen molar-refractivity contribution in [2.75, 3.05) is 19.6 Å². The van der Waals surface area contributed by atoms with Crippen LogP contribution < -0.4 is 11.1 Å². The Bertz CT molecular complexity index is 413. The van der Waals surface area contributed by atoms with E-state index < -0.39 is 0 Å². The number of benzene rings is 1. The molecule has 0 aliphatic carbocycles. The molecule has 1 aliphatic rings. The lowest BCUT2D eigenvalue weighted by atomic mass is 10.1. The minimum absolute atomic E-state index is 0.0282. The Morgan fingerprint density at radius 2 is 1.94 bits per heavy atom. The lowest BCUT2D eigenvalue weighted by molar-refractivity contribution is -0.134. The van der Waals surface area contributed by atoms with Crippen LogP contribution in [-0.4, -0.2) is 42.4 Å². The number of nitrogens with one attached hydrogen (secondary N) is 1. The molecule has 1 heterocycles. The SMILES string of the molecule is NC1CN(C(=O)CNC(=O)c2ccccc2)C1. The van der Waals surface area contributed by atoms with Crippen LogP contribution in [0.4, 0.5) is 0 Å². The Hall–Kier alpha value is -1.88. The molecule has 0 saturated carbocycles. The van der Waals surface area contributed by atoms with Crippen LogP contribution in [-0.2, 0) is 4.79 Å². The number of amides is 2. The smallest absolute Gasteiger partial charge is 0.251 e. The van der Waals surface area contributed by atoms with Gasteiger partial charge in [0, 0.05) is 24.7 Å². The molecule has 0 aromatic heterocycles. The van der Waals surface area contributed by atoms with E-state index >= 15 is 0 Å². The molecular formula is C12H15N3O2. The number of rotatable bonds is 3. The van der Waals surface area contributed by atoms with Crippen LogP contribution in [0, 0.1) is 0 Å². The highest BCUT2D eigenvalue weighted by Gasteiger charge is 2.27. The first-order chi connectivity index (χ1) is 8.16. The fourth-order valence-electron chi connectivity index (χ4n) is 1.68. The summed E-state index contributed by atoms with van der Waals surface area (Å²) >= 11 is 0. The van der Waals surface area contributed by atoms with Crippen LogP contribution in [0.2, 0.25) is 0 Å². The lowest BCUT2D eigenvalue weighted by Gasteiger charge is -2.36. The minimum Gasteiger partial charge on any atom is -0.343 e. The largest absolute Gasteiger partial charge is 0.343 e. The molecule has 1 saturated heterocycles. The topological polar surface area (TPSA) is 75.4 Å². The van der Waals surface area contributed by atoms with Crippen molar-refractivity contribution in [2.24, 2.45) is 5.73 Å². The second-order valence-corrected chi connectivity index (χ2v) is 4.11. The number of likely N-dealkylation sites (tertiary alicyclic amines) is 1. The van der Waals surface area contributed by atoms with Gasteiger partial charge in [-0.15, -0.1) is 0 Å². The van der Waals surface area contributed by atoms with E-state index in [1.807, 2.05) is 6.07 Å². The van der Waals surface area contributed by atoms with Gasteiger partial charge in [-0.25, -0.2) is 0 Å². The summed E-state index contributed by atoms with van der Waals surface area (Å²) < 4.78 is 0. The standard InChI is InChI=1S/C12H15N3O2/c13-10-7-15(8-10)11(16)6-14-12(17)9-4-2-1-3-5-9/h1-5,10H,6-8,13H2,(H,14,17). The molecule has 3 N–H and O–H groups in total. The van der Waals surface area contributed by atoms with Gasteiger partial charge in [-0.05, 0) is 12.1 Å². The van der Waals surface area contributed by atoms with Gasteiger partial charge < -0.3 is 16.0 Å². The molecule has 0 bridgehead atoms. The quantitative estimate of drug-likeness (QED) is 0.745. The molecule has 1 aliphatic heterocycles. The van der Waals surface area contributed by atoms with Crippen molar-refractivity contribution in [1.29, 1.82) is 0 Å². The van der Waals surface area contributed by atoms with E-state index in [9.17, 15) is 9.59 Å². The van der Waals surface area contributed by atoms with Gasteiger partial charge in [-0.1, -0.05) is 18.2 Å². The molecule has 2 rings (SSSR count). The van der Waals surface area contributed by atoms with Crippen LogP contribution in [0.3, 0.4) is 0 Å². The second kappa shape index (κ2) is 4.97. The minimum atomic E-state index is -0.233. The predicted octanol–water partition coefficient (Wildman–Crippen LogP) is -0.414. The van der Waals surface area contributed by atoms with Gasteiger partial charge in [0.05, 0.1) is 6.54 Å². The number of hydrogen-bond acceptors (Lipinski definition) is 3. The van der Waals surface area contributed by atoms with Gasteiger partial charge in [-0.3, -0.25) is 9.59 Å². The summed E-state index contributed by atoms with van der Waals surface area (Å²) in [5.41, 5.74) is 6.13. The average molecular weight is 233 g/mol. The van der Waals surface area contributed by atoms with E-state index in [1.54, 1.807) is 29.2 Å². The Morgan fingerprint density at radius 1 is 1.29 bits per heavy atom. The van der Waals surface area contributed by atoms with Gasteiger partial charge in [0.15, 0.2) is 0 Å². The van der Waals surface area contributed by atoms with E-state index in [-0.39, 0.29) is 24.4 Å². The van der Waals surface area contributed by atoms with E-state index in [4.69, 9.17) is 5.73 Å². The van der Waals surface area contributed by atoms with Crippen molar-refractivity contribution in [3.8, 4) is 0 Å². The van der Waals surface area contributed by atoms with E-state index in [1.165, 1.54) is 0 Å². The molecule has 1 aromatic carbocycles. The number of hydrogen-bond donors (Lipinski definition) is 2. The summed E-state index contributed by atoms with van der Waals surface area (Å²) in [4.78, 5) is 24.8. The Kier molecular flexibility index (Phi) is 3.39. The van der Waals surface area contributed by atoms with Gasteiger partial charge in [0.1, 0.15) is 0 Å². The normalized spacial score (nSPS) is 15.2. The monoisotopic (exact) mass is 233 g/mol. The zero-order chi connectivity index (χ0) is 12.3. The Labute approximate surface area is 99.6 Å². The highest BCUT2D eigenvalue weighted by Crippen LogP contribution is 2.04. The maximum absolute atomic E-state index is 11.6. The molecule has 0 unspecified atom stereocenters. The van der Waals surface area contributed by atoms with E-state index in [0.29, 0.717) is 18.7 Å². The van der Waals surface area contributed by atoms with Crippen molar-refractivity contribution in [2.45, 2.75) is 6.04 Å². The molecule has 0 atom stereocenters. The number of nitrogens with two attached hydrogens (primary N) is 1. The predicted molar refractivity (Wildman–Crippen MR) is 63.3 cm³/mol. The lowest BCUT2D eigenvalue weighted by Crippen LogP contribution is -2.59. The van der Waals surface area contributed by atoms with Crippen molar-refractivity contribution in [1.82, 2.24) is 10.2 Å². The summed E-state index contributed by atoms with van der Waals surface area (Å²) in [6.07, 6.45) is 0. The number of carbonyl (C=O) groups is 2. The summed E-state index contributed by atoms with van der Waals surface area (Å²) in [5, 5.41) is 2.59. The summed E-state index contributed by atoms with van der Waals surface area (Å²) in [5.74, 6) is -0.320. The first-order valence-electron chi connectivity index (χ1n) is 5.53. The zero-order valence-corrected chi connectivity index (χ0v) is 9.43. The molecule has 5 heteroatoms. The third-order valence-electron chi connectivity index (χ3n) is 2.70. The molecule has 5 nitrogen and oxygen atoms in total. The average Bonchev–Trinajstić information content (AvgIpc) is 2.32. The van der Waals surface area contributed by atoms with Crippen LogP contribution >= 0.6 is 0 Å². The first-order valence-corrected chi connectivity index (χ1v) is 5.53. The fraction of sp³-hybridized carbons (Fsp3) is 0.333. The third kappa shape index (κ3) is 2.82. The van der Waals surface area contributed by atoms with Crippen LogP contribution in [0.25, 0.3) is 0 Å². The third-order valence-corrected chi connectivity index (χ3v) is 2.70. The molecule has 1 aromatic rings. The highest BCUT2D eigenvalue weighted by molar-refractivity contribution is 5.96. The van der Waals surface area contributed by atoms with Crippen LogP contribution in [0.1, 0.15) is 10.4 Å². The maximum Gasteiger partial charge on any atom is 0.251 e. The van der Waals surface area contributed by atoms with Gasteiger partial charge in [0.2, 0.25) is 5.91 Å². The molecule has 0 radical (unpaired) electrons. The first kappa shape index (κ1) is 11.6. The van der Waals surface area contributed by atoms with E-state index in [2.05, 4.69) is 5.32 Å². The molecule has 0 spiro atoms. The van der Waals surface area contributed by atoms with Crippen molar-refractivity contribution >= 4 is 11.8 Å². The van der Waals surface area contributed by atoms with E-state index in [0.717, 1.165) is 0 Å². The Morgan fingerprint density at radius 3 is 2.53 bits per heavy atom. The summed E-state index contributed by atoms with van der Waals surface area (Å²) in [6, 6.07) is 8.90. The summed E-state index contributed by atoms with van der Waals surface area (Å²) in [6.45, 7) is 1.19.